The lowest BCUT2D eigenvalue weighted by atomic mass is 9.97. The summed E-state index contributed by atoms with van der Waals surface area (Å²) in [7, 11) is 0. The van der Waals surface area contributed by atoms with Crippen LogP contribution >= 0.6 is 0 Å². The van der Waals surface area contributed by atoms with Gasteiger partial charge in [0, 0.05) is 56.8 Å². The van der Waals surface area contributed by atoms with E-state index < -0.39 is 0 Å². The number of piperazine rings is 1. The van der Waals surface area contributed by atoms with E-state index in [1.54, 1.807) is 6.33 Å². The van der Waals surface area contributed by atoms with Crippen molar-refractivity contribution in [3.63, 3.8) is 0 Å². The van der Waals surface area contributed by atoms with E-state index in [1.807, 2.05) is 46.2 Å². The minimum Gasteiger partial charge on any atom is -0.355 e. The van der Waals surface area contributed by atoms with Crippen LogP contribution in [-0.4, -0.2) is 70.9 Å². The summed E-state index contributed by atoms with van der Waals surface area (Å²) in [6.07, 6.45) is 3.65. The maximum Gasteiger partial charge on any atom is 0.229 e. The van der Waals surface area contributed by atoms with Gasteiger partial charge in [-0.05, 0) is 12.8 Å². The largest absolute Gasteiger partial charge is 0.355 e. The molecule has 3 heterocycles. The van der Waals surface area contributed by atoms with E-state index in [1.165, 1.54) is 0 Å². The summed E-state index contributed by atoms with van der Waals surface area (Å²) < 4.78 is 0. The van der Waals surface area contributed by atoms with Crippen molar-refractivity contribution in [2.45, 2.75) is 12.8 Å². The molecule has 0 atom stereocenters. The molecule has 1 aliphatic carbocycles. The van der Waals surface area contributed by atoms with Crippen LogP contribution in [0.15, 0.2) is 42.7 Å². The van der Waals surface area contributed by atoms with Gasteiger partial charge in [-0.15, -0.1) is 0 Å². The number of rotatable bonds is 4. The Hall–Kier alpha value is -2.96. The first-order valence-corrected chi connectivity index (χ1v) is 10.4. The van der Waals surface area contributed by atoms with Crippen LogP contribution in [0.1, 0.15) is 12.8 Å². The number of carbonyl (C=O) groups excluding carboxylic acids is 2. The van der Waals surface area contributed by atoms with Crippen LogP contribution in [0.5, 0.6) is 0 Å². The van der Waals surface area contributed by atoms with Crippen LogP contribution in [0.4, 0.5) is 5.82 Å². The highest BCUT2D eigenvalue weighted by Gasteiger charge is 2.39. The van der Waals surface area contributed by atoms with E-state index in [0.29, 0.717) is 39.3 Å². The lowest BCUT2D eigenvalue weighted by Crippen LogP contribution is -2.58. The minimum atomic E-state index is 0.0100. The number of hydrogen-bond donors (Lipinski definition) is 0. The highest BCUT2D eigenvalue weighted by molar-refractivity contribution is 5.83. The van der Waals surface area contributed by atoms with Crippen molar-refractivity contribution >= 4 is 17.6 Å². The Bertz CT molecular complexity index is 900. The molecule has 2 aliphatic heterocycles. The Balaban J connectivity index is 1.15. The van der Waals surface area contributed by atoms with Crippen LogP contribution in [0.25, 0.3) is 11.3 Å². The molecular formula is C22H25N5O2. The summed E-state index contributed by atoms with van der Waals surface area (Å²) in [5.74, 6) is 1.62. The number of aromatic nitrogens is 2. The van der Waals surface area contributed by atoms with E-state index >= 15 is 0 Å². The lowest BCUT2D eigenvalue weighted by molar-refractivity contribution is -0.143. The van der Waals surface area contributed by atoms with E-state index in [-0.39, 0.29) is 23.7 Å². The molecule has 7 heteroatoms. The van der Waals surface area contributed by atoms with E-state index in [0.717, 1.165) is 29.9 Å². The molecule has 3 aliphatic rings. The molecule has 0 spiro atoms. The van der Waals surface area contributed by atoms with Crippen molar-refractivity contribution in [1.82, 2.24) is 19.8 Å². The van der Waals surface area contributed by atoms with E-state index in [9.17, 15) is 9.59 Å². The lowest BCUT2D eigenvalue weighted by Gasteiger charge is -2.43. The first kappa shape index (κ1) is 18.1. The number of anilines is 1. The molecule has 1 aromatic heterocycles. The summed E-state index contributed by atoms with van der Waals surface area (Å²) in [5, 5.41) is 0. The van der Waals surface area contributed by atoms with Gasteiger partial charge < -0.3 is 14.7 Å². The third kappa shape index (κ3) is 3.69. The number of nitrogens with zero attached hydrogens (tertiary/aromatic N) is 5. The van der Waals surface area contributed by atoms with Gasteiger partial charge in [0.2, 0.25) is 11.8 Å². The smallest absolute Gasteiger partial charge is 0.229 e. The van der Waals surface area contributed by atoms with Crippen LogP contribution in [-0.2, 0) is 9.59 Å². The summed E-state index contributed by atoms with van der Waals surface area (Å²) in [6, 6.07) is 12.0. The fourth-order valence-electron chi connectivity index (χ4n) is 4.10. The van der Waals surface area contributed by atoms with Crippen LogP contribution in [0.2, 0.25) is 0 Å². The molecule has 1 saturated carbocycles. The highest BCUT2D eigenvalue weighted by Crippen LogP contribution is 2.31. The van der Waals surface area contributed by atoms with Gasteiger partial charge in [-0.3, -0.25) is 9.59 Å². The Labute approximate surface area is 170 Å². The molecule has 0 bridgehead atoms. The molecule has 1 aromatic carbocycles. The quantitative estimate of drug-likeness (QED) is 0.793. The standard InChI is InChI=1S/C22H25N5O2/c28-21(17-6-7-17)25-8-10-26(11-9-25)22(29)18-13-27(14-18)20-12-19(23-15-24-20)16-4-2-1-3-5-16/h1-5,12,15,17-18H,6-11,13-14H2. The first-order chi connectivity index (χ1) is 14.2. The average Bonchev–Trinajstić information content (AvgIpc) is 3.58. The molecule has 0 radical (unpaired) electrons. The number of carbonyl (C=O) groups is 2. The molecule has 0 N–H and O–H groups in total. The van der Waals surface area contributed by atoms with Crippen molar-refractivity contribution in [3.8, 4) is 11.3 Å². The van der Waals surface area contributed by atoms with Crippen LogP contribution in [0, 0.1) is 11.8 Å². The van der Waals surface area contributed by atoms with Crippen molar-refractivity contribution in [2.75, 3.05) is 44.2 Å². The zero-order valence-electron chi connectivity index (χ0n) is 16.4. The Morgan fingerprint density at radius 2 is 1.45 bits per heavy atom. The predicted octanol–water partition coefficient (Wildman–Crippen LogP) is 1.66. The predicted molar refractivity (Wildman–Crippen MR) is 109 cm³/mol. The van der Waals surface area contributed by atoms with Gasteiger partial charge in [-0.2, -0.15) is 0 Å². The van der Waals surface area contributed by atoms with E-state index in [2.05, 4.69) is 14.9 Å². The third-order valence-electron chi connectivity index (χ3n) is 6.11. The fourth-order valence-corrected chi connectivity index (χ4v) is 4.10. The molecule has 2 amide bonds. The maximum absolute atomic E-state index is 12.8. The highest BCUT2D eigenvalue weighted by atomic mass is 16.2. The van der Waals surface area contributed by atoms with Gasteiger partial charge in [0.1, 0.15) is 12.1 Å². The zero-order valence-corrected chi connectivity index (χ0v) is 16.4. The Morgan fingerprint density at radius 1 is 0.828 bits per heavy atom. The van der Waals surface area contributed by atoms with Crippen molar-refractivity contribution < 1.29 is 9.59 Å². The number of hydrogen-bond acceptors (Lipinski definition) is 5. The molecule has 2 aromatic rings. The molecular weight excluding hydrogens is 366 g/mol. The summed E-state index contributed by atoms with van der Waals surface area (Å²) >= 11 is 0. The second kappa shape index (κ2) is 7.46. The van der Waals surface area contributed by atoms with E-state index in [4.69, 9.17) is 0 Å². The van der Waals surface area contributed by atoms with Gasteiger partial charge in [0.25, 0.3) is 0 Å². The third-order valence-corrected chi connectivity index (χ3v) is 6.11. The minimum absolute atomic E-state index is 0.0100. The SMILES string of the molecule is O=C(C1CC1)N1CCN(C(=O)C2CN(c3cc(-c4ccccc4)ncn3)C2)CC1. The molecule has 29 heavy (non-hydrogen) atoms. The summed E-state index contributed by atoms with van der Waals surface area (Å²) in [6.45, 7) is 4.02. The molecule has 2 saturated heterocycles. The fraction of sp³-hybridized carbons (Fsp3) is 0.455. The Kier molecular flexibility index (Phi) is 4.66. The number of amides is 2. The van der Waals surface area contributed by atoms with Crippen molar-refractivity contribution in [2.24, 2.45) is 11.8 Å². The second-order valence-corrected chi connectivity index (χ2v) is 8.15. The van der Waals surface area contributed by atoms with Crippen molar-refractivity contribution in [3.05, 3.63) is 42.7 Å². The van der Waals surface area contributed by atoms with Gasteiger partial charge in [0.15, 0.2) is 0 Å². The average molecular weight is 391 g/mol. The van der Waals surface area contributed by atoms with Gasteiger partial charge >= 0.3 is 0 Å². The monoisotopic (exact) mass is 391 g/mol. The summed E-state index contributed by atoms with van der Waals surface area (Å²) in [5.41, 5.74) is 1.95. The van der Waals surface area contributed by atoms with Crippen molar-refractivity contribution in [1.29, 1.82) is 0 Å². The summed E-state index contributed by atoms with van der Waals surface area (Å²) in [4.78, 5) is 39.7. The molecule has 0 unspecified atom stereocenters. The van der Waals surface area contributed by atoms with Crippen LogP contribution in [0.3, 0.4) is 0 Å². The molecule has 3 fully saturated rings. The second-order valence-electron chi connectivity index (χ2n) is 8.15. The zero-order chi connectivity index (χ0) is 19.8. The Morgan fingerprint density at radius 3 is 2.07 bits per heavy atom. The maximum atomic E-state index is 12.8. The first-order valence-electron chi connectivity index (χ1n) is 10.4. The molecule has 5 rings (SSSR count). The van der Waals surface area contributed by atoms with Gasteiger partial charge in [-0.1, -0.05) is 30.3 Å². The van der Waals surface area contributed by atoms with Gasteiger partial charge in [-0.25, -0.2) is 9.97 Å². The van der Waals surface area contributed by atoms with Gasteiger partial charge in [0.05, 0.1) is 11.6 Å². The molecule has 7 nitrogen and oxygen atoms in total. The van der Waals surface area contributed by atoms with Crippen LogP contribution < -0.4 is 4.90 Å². The molecule has 150 valence electrons. The number of benzene rings is 1. The normalized spacial score (nSPS) is 19.8. The topological polar surface area (TPSA) is 69.6 Å².